The van der Waals surface area contributed by atoms with Crippen LogP contribution < -0.4 is 56.1 Å². The normalized spacial score (nSPS) is 11.2. The summed E-state index contributed by atoms with van der Waals surface area (Å²) in [6.07, 6.45) is 0. The topological polar surface area (TPSA) is 99.9 Å². The Morgan fingerprint density at radius 2 is 1.58 bits per heavy atom. The molecule has 134 valence electrons. The van der Waals surface area contributed by atoms with Crippen LogP contribution >= 0.6 is 0 Å². The van der Waals surface area contributed by atoms with E-state index in [0.717, 1.165) is 13.1 Å². The van der Waals surface area contributed by atoms with Gasteiger partial charge in [0.05, 0.1) is 10.6 Å². The molecule has 2 rings (SSSR count). The van der Waals surface area contributed by atoms with Crippen molar-refractivity contribution in [2.75, 3.05) is 17.8 Å². The Morgan fingerprint density at radius 3 is 2.08 bits per heavy atom. The first kappa shape index (κ1) is 23.1. The van der Waals surface area contributed by atoms with Crippen LogP contribution in [0, 0.1) is 13.8 Å². The van der Waals surface area contributed by atoms with Gasteiger partial charge in [-0.1, -0.05) is 5.22 Å². The molecule has 26 heavy (non-hydrogen) atoms. The number of hydrogen-bond acceptors (Lipinski definition) is 6. The van der Waals surface area contributed by atoms with Gasteiger partial charge in [-0.25, -0.2) is 23.1 Å². The van der Waals surface area contributed by atoms with E-state index in [0.29, 0.717) is 17.1 Å². The van der Waals surface area contributed by atoms with Gasteiger partial charge in [-0.15, -0.1) is 5.11 Å². The Kier molecular flexibility index (Phi) is 9.28. The fourth-order valence-corrected chi connectivity index (χ4v) is 3.05. The monoisotopic (exact) mass is 401 g/mol. The Hall–Kier alpha value is -0.914. The second-order valence-corrected chi connectivity index (χ2v) is 7.08. The van der Waals surface area contributed by atoms with Crippen molar-refractivity contribution in [3.63, 3.8) is 0 Å². The molecule has 0 aliphatic rings. The van der Waals surface area contributed by atoms with E-state index in [-0.39, 0.29) is 62.2 Å². The van der Waals surface area contributed by atoms with Crippen molar-refractivity contribution in [1.29, 1.82) is 0 Å². The molecule has 0 radical (unpaired) electrons. The first-order valence-electron chi connectivity index (χ1n) is 7.96. The molecule has 0 amide bonds. The molecule has 2 aromatic rings. The average molecular weight is 402 g/mol. The zero-order valence-corrected chi connectivity index (χ0v) is 19.7. The van der Waals surface area contributed by atoms with Crippen molar-refractivity contribution in [3.8, 4) is 0 Å². The zero-order valence-electron chi connectivity index (χ0n) is 15.8. The largest absolute Gasteiger partial charge is 1.00 e. The smallest absolute Gasteiger partial charge is 0.279 e. The van der Waals surface area contributed by atoms with Crippen molar-refractivity contribution in [3.05, 3.63) is 41.7 Å². The standard InChI is InChI=1S/C16H22N6O2S.K/c1-5-22(6-2)21-19-14-7-9-15(10-8-14)25(23,24)20-16-17-12(3)11-13(4)18-16;/h7-11H,5-6H2,1-4H3,(H,17,18,20);/q;+1. The number of rotatable bonds is 7. The summed E-state index contributed by atoms with van der Waals surface area (Å²) in [7, 11) is -3.76. The summed E-state index contributed by atoms with van der Waals surface area (Å²) in [5.41, 5.74) is 1.96. The molecule has 10 heteroatoms. The van der Waals surface area contributed by atoms with E-state index in [1.807, 2.05) is 13.8 Å². The van der Waals surface area contributed by atoms with Gasteiger partial charge in [-0.2, -0.15) is 0 Å². The van der Waals surface area contributed by atoms with Crippen LogP contribution in [-0.4, -0.2) is 36.5 Å². The van der Waals surface area contributed by atoms with Gasteiger partial charge in [0.25, 0.3) is 10.0 Å². The number of aryl methyl sites for hydroxylation is 2. The van der Waals surface area contributed by atoms with Gasteiger partial charge in [0.2, 0.25) is 5.95 Å². The summed E-state index contributed by atoms with van der Waals surface area (Å²) in [5, 5.41) is 9.97. The quantitative estimate of drug-likeness (QED) is 0.407. The first-order chi connectivity index (χ1) is 11.8. The molecule has 8 nitrogen and oxygen atoms in total. The molecule has 0 atom stereocenters. The summed E-state index contributed by atoms with van der Waals surface area (Å²) in [5.74, 6) is 0.0581. The van der Waals surface area contributed by atoms with Crippen LogP contribution in [0.25, 0.3) is 0 Å². The molecule has 0 bridgehead atoms. The molecule has 1 aromatic heterocycles. The van der Waals surface area contributed by atoms with E-state index in [9.17, 15) is 8.42 Å². The number of anilines is 1. The summed E-state index contributed by atoms with van der Waals surface area (Å²) >= 11 is 0. The third-order valence-corrected chi connectivity index (χ3v) is 4.72. The zero-order chi connectivity index (χ0) is 18.4. The predicted octanol–water partition coefficient (Wildman–Crippen LogP) is 0.239. The van der Waals surface area contributed by atoms with Crippen LogP contribution in [0.5, 0.6) is 0 Å². The number of hydrogen-bond donors (Lipinski definition) is 1. The van der Waals surface area contributed by atoms with Crippen molar-refractivity contribution in [2.24, 2.45) is 10.3 Å². The van der Waals surface area contributed by atoms with Crippen molar-refractivity contribution >= 4 is 21.7 Å². The second kappa shape index (κ2) is 10.4. The Morgan fingerprint density at radius 1 is 1.04 bits per heavy atom. The molecule has 0 saturated carbocycles. The van der Waals surface area contributed by atoms with E-state index < -0.39 is 10.0 Å². The van der Waals surface area contributed by atoms with E-state index >= 15 is 0 Å². The van der Waals surface area contributed by atoms with Gasteiger partial charge < -0.3 is 0 Å². The molecule has 0 saturated heterocycles. The minimum absolute atomic E-state index is 0. The fourth-order valence-electron chi connectivity index (χ4n) is 2.11. The molecule has 0 aliphatic heterocycles. The van der Waals surface area contributed by atoms with E-state index in [4.69, 9.17) is 0 Å². The average Bonchev–Trinajstić information content (AvgIpc) is 2.55. The van der Waals surface area contributed by atoms with Gasteiger partial charge >= 0.3 is 51.4 Å². The van der Waals surface area contributed by atoms with Gasteiger partial charge in [0.15, 0.2) is 0 Å². The summed E-state index contributed by atoms with van der Waals surface area (Å²) in [6, 6.07) is 7.92. The molecule has 0 unspecified atom stereocenters. The minimum Gasteiger partial charge on any atom is -0.279 e. The maximum absolute atomic E-state index is 12.4. The summed E-state index contributed by atoms with van der Waals surface area (Å²) in [4.78, 5) is 8.29. The number of benzene rings is 1. The van der Waals surface area contributed by atoms with Crippen LogP contribution in [0.15, 0.2) is 45.6 Å². The Balaban J connectivity index is 0.00000338. The molecule has 1 N–H and O–H groups in total. The van der Waals surface area contributed by atoms with Gasteiger partial charge in [0.1, 0.15) is 0 Å². The van der Waals surface area contributed by atoms with Gasteiger partial charge in [0, 0.05) is 24.5 Å². The molecule has 1 heterocycles. The van der Waals surface area contributed by atoms with Crippen LogP contribution in [0.2, 0.25) is 0 Å². The Labute approximate surface area is 197 Å². The maximum atomic E-state index is 12.4. The number of sulfonamides is 1. The summed E-state index contributed by atoms with van der Waals surface area (Å²) < 4.78 is 27.3. The number of nitrogens with zero attached hydrogens (tertiary/aromatic N) is 5. The predicted molar refractivity (Wildman–Crippen MR) is 96.2 cm³/mol. The van der Waals surface area contributed by atoms with Crippen molar-refractivity contribution < 1.29 is 59.8 Å². The van der Waals surface area contributed by atoms with E-state index in [2.05, 4.69) is 25.0 Å². The molecule has 0 fully saturated rings. The van der Waals surface area contributed by atoms with Crippen molar-refractivity contribution in [2.45, 2.75) is 32.6 Å². The maximum Gasteiger partial charge on any atom is 1.00 e. The molecular weight excluding hydrogens is 379 g/mol. The van der Waals surface area contributed by atoms with Crippen LogP contribution in [0.1, 0.15) is 25.2 Å². The fraction of sp³-hybridized carbons (Fsp3) is 0.375. The van der Waals surface area contributed by atoms with E-state index in [1.165, 1.54) is 12.1 Å². The third kappa shape index (κ3) is 6.67. The second-order valence-electron chi connectivity index (χ2n) is 5.40. The molecular formula is C16H22KN6O2S+. The van der Waals surface area contributed by atoms with Crippen LogP contribution in [-0.2, 0) is 10.0 Å². The summed E-state index contributed by atoms with van der Waals surface area (Å²) in [6.45, 7) is 9.04. The van der Waals surface area contributed by atoms with E-state index in [1.54, 1.807) is 37.1 Å². The number of aromatic nitrogens is 2. The van der Waals surface area contributed by atoms with Crippen molar-refractivity contribution in [1.82, 2.24) is 15.0 Å². The first-order valence-corrected chi connectivity index (χ1v) is 9.44. The van der Waals surface area contributed by atoms with Crippen LogP contribution in [0.4, 0.5) is 11.6 Å². The van der Waals surface area contributed by atoms with Crippen LogP contribution in [0.3, 0.4) is 0 Å². The Bertz CT molecular complexity index is 831. The molecule has 1 aromatic carbocycles. The number of nitrogens with one attached hydrogen (secondary N) is 1. The third-order valence-electron chi connectivity index (χ3n) is 3.37. The molecule has 0 aliphatic carbocycles. The van der Waals surface area contributed by atoms with Gasteiger partial charge in [-0.3, -0.25) is 5.01 Å². The van der Waals surface area contributed by atoms with Gasteiger partial charge in [-0.05, 0) is 58.0 Å². The minimum atomic E-state index is -3.76. The molecule has 0 spiro atoms. The SMILES string of the molecule is CCN(CC)N=Nc1ccc(S(=O)(=O)Nc2nc(C)cc(C)n2)cc1.[K+].